The monoisotopic (exact) mass is 432 g/mol. The summed E-state index contributed by atoms with van der Waals surface area (Å²) in [6.07, 6.45) is 1.04. The van der Waals surface area contributed by atoms with Crippen molar-refractivity contribution in [2.45, 2.75) is 41.0 Å². The number of pyridine rings is 1. The van der Waals surface area contributed by atoms with Crippen molar-refractivity contribution in [3.05, 3.63) is 76.9 Å². The molecule has 0 aliphatic carbocycles. The third-order valence-electron chi connectivity index (χ3n) is 7.32. The van der Waals surface area contributed by atoms with E-state index in [4.69, 9.17) is 4.74 Å². The van der Waals surface area contributed by atoms with Crippen molar-refractivity contribution < 1.29 is 9.30 Å². The van der Waals surface area contributed by atoms with Crippen molar-refractivity contribution in [3.8, 4) is 22.8 Å². The largest absolute Gasteiger partial charge is 0.450 e. The van der Waals surface area contributed by atoms with Gasteiger partial charge in [0.15, 0.2) is 5.75 Å². The minimum Gasteiger partial charge on any atom is -0.450 e. The van der Waals surface area contributed by atoms with E-state index < -0.39 is 0 Å². The first kappa shape index (κ1) is 20.2. The Balaban J connectivity index is 1.79. The van der Waals surface area contributed by atoms with Crippen LogP contribution < -0.4 is 9.30 Å². The summed E-state index contributed by atoms with van der Waals surface area (Å²) in [6, 6.07) is 20.2. The Labute approximate surface area is 195 Å². The second kappa shape index (κ2) is 7.05. The fourth-order valence-electron chi connectivity index (χ4n) is 5.73. The molecule has 164 valence electrons. The summed E-state index contributed by atoms with van der Waals surface area (Å²) in [5.74, 6) is 2.50. The number of hydrogen-bond donors (Lipinski definition) is 0. The van der Waals surface area contributed by atoms with Gasteiger partial charge in [-0.2, -0.15) is 4.57 Å². The number of aromatic nitrogens is 1. The van der Waals surface area contributed by atoms with E-state index in [2.05, 4.69) is 101 Å². The number of hydrogen-bond acceptors (Lipinski definition) is 1. The van der Waals surface area contributed by atoms with Crippen LogP contribution in [-0.4, -0.2) is 0 Å². The predicted octanol–water partition coefficient (Wildman–Crippen LogP) is 7.87. The molecule has 0 bridgehead atoms. The normalized spacial score (nSPS) is 12.6. The van der Waals surface area contributed by atoms with Crippen molar-refractivity contribution in [1.82, 2.24) is 0 Å². The van der Waals surface area contributed by atoms with Crippen molar-refractivity contribution in [3.63, 3.8) is 0 Å². The number of ether oxygens (including phenoxy) is 1. The van der Waals surface area contributed by atoms with Gasteiger partial charge in [-0.05, 0) is 77.6 Å². The van der Waals surface area contributed by atoms with Crippen LogP contribution in [0.15, 0.2) is 54.6 Å². The van der Waals surface area contributed by atoms with Crippen LogP contribution in [-0.2, 0) is 13.5 Å². The Morgan fingerprint density at radius 2 is 1.64 bits per heavy atom. The molecule has 0 saturated heterocycles. The second-order valence-corrected chi connectivity index (χ2v) is 10.2. The third-order valence-corrected chi connectivity index (χ3v) is 7.32. The number of benzene rings is 4. The lowest BCUT2D eigenvalue weighted by atomic mass is 9.88. The third kappa shape index (κ3) is 2.90. The molecule has 5 aromatic rings. The average molecular weight is 433 g/mol. The zero-order chi connectivity index (χ0) is 23.0. The number of rotatable bonds is 2. The van der Waals surface area contributed by atoms with E-state index in [9.17, 15) is 0 Å². The lowest BCUT2D eigenvalue weighted by Crippen LogP contribution is -2.34. The molecule has 1 aliphatic heterocycles. The fraction of sp³-hybridized carbons (Fsp3) is 0.258. The lowest BCUT2D eigenvalue weighted by Gasteiger charge is -2.23. The Bertz CT molecular complexity index is 1620. The van der Waals surface area contributed by atoms with Crippen LogP contribution in [0.25, 0.3) is 43.7 Å². The smallest absolute Gasteiger partial charge is 0.256 e. The first-order valence-electron chi connectivity index (χ1n) is 11.9. The molecule has 4 aromatic carbocycles. The molecule has 33 heavy (non-hydrogen) atoms. The summed E-state index contributed by atoms with van der Waals surface area (Å²) < 4.78 is 9.03. The second-order valence-electron chi connectivity index (χ2n) is 10.2. The predicted molar refractivity (Wildman–Crippen MR) is 138 cm³/mol. The van der Waals surface area contributed by atoms with Crippen LogP contribution in [0.4, 0.5) is 0 Å². The summed E-state index contributed by atoms with van der Waals surface area (Å²) in [4.78, 5) is 0. The van der Waals surface area contributed by atoms with Crippen LogP contribution in [0.1, 0.15) is 36.1 Å². The van der Waals surface area contributed by atoms with E-state index in [-0.39, 0.29) is 0 Å². The van der Waals surface area contributed by atoms with Gasteiger partial charge in [0.1, 0.15) is 12.8 Å². The van der Waals surface area contributed by atoms with Gasteiger partial charge in [0, 0.05) is 17.5 Å². The Morgan fingerprint density at radius 3 is 2.42 bits per heavy atom. The summed E-state index contributed by atoms with van der Waals surface area (Å²) in [6.45, 7) is 11.2. The molecule has 2 nitrogen and oxygen atoms in total. The Kier molecular flexibility index (Phi) is 4.32. The quantitative estimate of drug-likeness (QED) is 0.200. The average Bonchev–Trinajstić information content (AvgIpc) is 2.76. The van der Waals surface area contributed by atoms with Crippen molar-refractivity contribution in [1.29, 1.82) is 0 Å². The van der Waals surface area contributed by atoms with E-state index >= 15 is 0 Å². The van der Waals surface area contributed by atoms with E-state index in [1.807, 2.05) is 0 Å². The molecule has 0 fully saturated rings. The zero-order valence-corrected chi connectivity index (χ0v) is 20.3. The molecule has 0 amide bonds. The van der Waals surface area contributed by atoms with Gasteiger partial charge in [-0.15, -0.1) is 0 Å². The fourth-order valence-corrected chi connectivity index (χ4v) is 5.73. The molecule has 0 spiro atoms. The highest BCUT2D eigenvalue weighted by Crippen LogP contribution is 2.49. The Hall–Kier alpha value is -3.39. The summed E-state index contributed by atoms with van der Waals surface area (Å²) in [5.41, 5.74) is 9.04. The molecule has 0 N–H and O–H groups in total. The molecule has 0 atom stereocenters. The van der Waals surface area contributed by atoms with Crippen LogP contribution in [0.3, 0.4) is 0 Å². The van der Waals surface area contributed by atoms with Gasteiger partial charge in [0.05, 0.1) is 10.9 Å². The van der Waals surface area contributed by atoms with Gasteiger partial charge in [-0.25, -0.2) is 0 Å². The molecule has 2 heteroatoms. The molecule has 1 aliphatic rings. The zero-order valence-electron chi connectivity index (χ0n) is 20.3. The molecule has 0 radical (unpaired) electrons. The lowest BCUT2D eigenvalue weighted by molar-refractivity contribution is -0.633. The molecular weight excluding hydrogens is 402 g/mol. The van der Waals surface area contributed by atoms with Gasteiger partial charge >= 0.3 is 0 Å². The molecule has 0 unspecified atom stereocenters. The molecule has 0 saturated carbocycles. The van der Waals surface area contributed by atoms with Gasteiger partial charge in [0.2, 0.25) is 5.52 Å². The van der Waals surface area contributed by atoms with E-state index in [1.54, 1.807) is 0 Å². The van der Waals surface area contributed by atoms with Gasteiger partial charge in [0.25, 0.3) is 5.69 Å². The van der Waals surface area contributed by atoms with Crippen molar-refractivity contribution in [2.75, 3.05) is 0 Å². The highest BCUT2D eigenvalue weighted by Gasteiger charge is 2.32. The van der Waals surface area contributed by atoms with Gasteiger partial charge in [-0.3, -0.25) is 0 Å². The van der Waals surface area contributed by atoms with E-state index in [0.717, 1.165) is 17.9 Å². The molecule has 6 rings (SSSR count). The highest BCUT2D eigenvalue weighted by atomic mass is 16.5. The molecular formula is C31H30NO+. The summed E-state index contributed by atoms with van der Waals surface area (Å²) >= 11 is 0. The van der Waals surface area contributed by atoms with Gasteiger partial charge < -0.3 is 4.74 Å². The van der Waals surface area contributed by atoms with Crippen LogP contribution in [0.5, 0.6) is 11.5 Å². The number of fused-ring (bicyclic) bond motifs is 4. The minimum absolute atomic E-state index is 0.572. The van der Waals surface area contributed by atoms with Crippen molar-refractivity contribution in [2.24, 2.45) is 13.0 Å². The number of nitrogens with zero attached hydrogens (tertiary/aromatic N) is 1. The van der Waals surface area contributed by atoms with Gasteiger partial charge in [-0.1, -0.05) is 50.2 Å². The molecule has 1 aromatic heterocycles. The summed E-state index contributed by atoms with van der Waals surface area (Å²) in [5, 5.41) is 6.43. The topological polar surface area (TPSA) is 13.1 Å². The highest BCUT2D eigenvalue weighted by molar-refractivity contribution is 6.07. The van der Waals surface area contributed by atoms with Crippen LogP contribution in [0, 0.1) is 26.7 Å². The van der Waals surface area contributed by atoms with Crippen LogP contribution >= 0.6 is 0 Å². The SMILES string of the molecule is Cc1cc2c3c(c(C)c(C)cc3c1)-c1c(cc3c(CC(C)C)c4ccccc4cc3[n+]1C)O2. The maximum atomic E-state index is 6.67. The standard InChI is InChI=1S/C31H30NO/c1-17(2)11-24-23-10-8-7-9-21(23)15-26-25(24)16-28-31(32(26)6)29-20(5)19(4)14-22-12-18(3)13-27(33-28)30(22)29/h7-10,12-17H,11H2,1-6H3/q+1. The van der Waals surface area contributed by atoms with Crippen molar-refractivity contribution >= 4 is 32.4 Å². The Morgan fingerprint density at radius 1 is 0.848 bits per heavy atom. The van der Waals surface area contributed by atoms with E-state index in [0.29, 0.717) is 5.92 Å². The minimum atomic E-state index is 0.572. The first-order chi connectivity index (χ1) is 15.8. The first-order valence-corrected chi connectivity index (χ1v) is 11.9. The van der Waals surface area contributed by atoms with E-state index in [1.165, 1.54) is 66.0 Å². The molecule has 2 heterocycles. The maximum absolute atomic E-state index is 6.67. The number of aryl methyl sites for hydroxylation is 3. The summed E-state index contributed by atoms with van der Waals surface area (Å²) in [7, 11) is 2.20. The van der Waals surface area contributed by atoms with Crippen LogP contribution in [0.2, 0.25) is 0 Å². The maximum Gasteiger partial charge on any atom is 0.256 e.